The Morgan fingerprint density at radius 3 is 2.53 bits per heavy atom. The lowest BCUT2D eigenvalue weighted by Crippen LogP contribution is -2.48. The van der Waals surface area contributed by atoms with Crippen molar-refractivity contribution in [3.63, 3.8) is 0 Å². The topological polar surface area (TPSA) is 65.1 Å². The van der Waals surface area contributed by atoms with E-state index in [9.17, 15) is 4.79 Å². The molecule has 6 heteroatoms. The molecule has 19 heavy (non-hydrogen) atoms. The molecule has 2 saturated heterocycles. The van der Waals surface area contributed by atoms with Crippen LogP contribution in [0.15, 0.2) is 6.33 Å². The minimum absolute atomic E-state index is 0.0189. The van der Waals surface area contributed by atoms with Gasteiger partial charge < -0.3 is 9.80 Å². The summed E-state index contributed by atoms with van der Waals surface area (Å²) in [6.45, 7) is 4.14. The molecule has 1 amide bonds. The van der Waals surface area contributed by atoms with Crippen LogP contribution in [-0.2, 0) is 0 Å². The van der Waals surface area contributed by atoms with E-state index in [1.54, 1.807) is 0 Å². The third-order valence-corrected chi connectivity index (χ3v) is 4.28. The van der Waals surface area contributed by atoms with E-state index in [4.69, 9.17) is 0 Å². The van der Waals surface area contributed by atoms with Crippen molar-refractivity contribution in [2.24, 2.45) is 0 Å². The van der Waals surface area contributed by atoms with Gasteiger partial charge in [0.25, 0.3) is 5.91 Å². The monoisotopic (exact) mass is 263 g/mol. The minimum atomic E-state index is -0.0189. The molecule has 0 spiro atoms. The molecule has 0 aromatic carbocycles. The normalized spacial score (nSPS) is 22.6. The number of piperidine rings is 2. The number of hydrogen-bond acceptors (Lipinski definition) is 4. The molecule has 3 rings (SSSR count). The largest absolute Gasteiger partial charge is 0.336 e. The predicted molar refractivity (Wildman–Crippen MR) is 70.7 cm³/mol. The van der Waals surface area contributed by atoms with Crippen LogP contribution in [0.3, 0.4) is 0 Å². The van der Waals surface area contributed by atoms with Gasteiger partial charge in [-0.05, 0) is 38.8 Å². The number of H-pyrrole nitrogens is 1. The summed E-state index contributed by atoms with van der Waals surface area (Å²) in [7, 11) is 0. The SMILES string of the molecule is O=C(c1ncn[nH]1)N1CCC(N2CCCCC2)CC1. The van der Waals surface area contributed by atoms with Gasteiger partial charge in [-0.25, -0.2) is 4.98 Å². The van der Waals surface area contributed by atoms with Crippen LogP contribution >= 0.6 is 0 Å². The number of aromatic nitrogens is 3. The quantitative estimate of drug-likeness (QED) is 0.861. The van der Waals surface area contributed by atoms with Gasteiger partial charge in [-0.3, -0.25) is 9.89 Å². The van der Waals surface area contributed by atoms with E-state index in [0.717, 1.165) is 25.9 Å². The van der Waals surface area contributed by atoms with E-state index in [2.05, 4.69) is 20.1 Å². The lowest BCUT2D eigenvalue weighted by Gasteiger charge is -2.40. The summed E-state index contributed by atoms with van der Waals surface area (Å²) in [5.41, 5.74) is 0. The van der Waals surface area contributed by atoms with Gasteiger partial charge in [-0.1, -0.05) is 6.42 Å². The molecule has 104 valence electrons. The highest BCUT2D eigenvalue weighted by atomic mass is 16.2. The molecular formula is C13H21N5O. The lowest BCUT2D eigenvalue weighted by atomic mass is 10.00. The van der Waals surface area contributed by atoms with Crippen LogP contribution in [0.25, 0.3) is 0 Å². The molecule has 0 aliphatic carbocycles. The zero-order valence-corrected chi connectivity index (χ0v) is 11.2. The molecular weight excluding hydrogens is 242 g/mol. The smallest absolute Gasteiger partial charge is 0.291 e. The van der Waals surface area contributed by atoms with E-state index in [-0.39, 0.29) is 5.91 Å². The Morgan fingerprint density at radius 1 is 1.16 bits per heavy atom. The fraction of sp³-hybridized carbons (Fsp3) is 0.769. The number of rotatable bonds is 2. The zero-order chi connectivity index (χ0) is 13.1. The molecule has 1 aromatic rings. The summed E-state index contributed by atoms with van der Waals surface area (Å²) in [5.74, 6) is 0.339. The van der Waals surface area contributed by atoms with Crippen LogP contribution in [0.2, 0.25) is 0 Å². The fourth-order valence-electron chi connectivity index (χ4n) is 3.18. The maximum Gasteiger partial charge on any atom is 0.291 e. The molecule has 6 nitrogen and oxygen atoms in total. The second-order valence-corrected chi connectivity index (χ2v) is 5.45. The van der Waals surface area contributed by atoms with Crippen molar-refractivity contribution >= 4 is 5.91 Å². The van der Waals surface area contributed by atoms with Gasteiger partial charge in [0.05, 0.1) is 0 Å². The number of likely N-dealkylation sites (tertiary alicyclic amines) is 2. The number of nitrogens with one attached hydrogen (secondary N) is 1. The van der Waals surface area contributed by atoms with Crippen LogP contribution < -0.4 is 0 Å². The highest BCUT2D eigenvalue weighted by Crippen LogP contribution is 2.21. The first kappa shape index (κ1) is 12.6. The second-order valence-electron chi connectivity index (χ2n) is 5.45. The standard InChI is InChI=1S/C13H21N5O/c19-13(12-14-10-15-16-12)18-8-4-11(5-9-18)17-6-2-1-3-7-17/h10-11H,1-9H2,(H,14,15,16). The van der Waals surface area contributed by atoms with Crippen LogP contribution in [0.4, 0.5) is 0 Å². The molecule has 0 atom stereocenters. The van der Waals surface area contributed by atoms with Crippen molar-refractivity contribution in [1.29, 1.82) is 0 Å². The molecule has 2 aliphatic rings. The van der Waals surface area contributed by atoms with Crippen molar-refractivity contribution in [3.8, 4) is 0 Å². The highest BCUT2D eigenvalue weighted by molar-refractivity contribution is 5.90. The van der Waals surface area contributed by atoms with Gasteiger partial charge in [-0.2, -0.15) is 5.10 Å². The van der Waals surface area contributed by atoms with Crippen molar-refractivity contribution in [2.75, 3.05) is 26.2 Å². The molecule has 1 aromatic heterocycles. The molecule has 2 fully saturated rings. The number of amides is 1. The molecule has 0 bridgehead atoms. The summed E-state index contributed by atoms with van der Waals surface area (Å²) in [6, 6.07) is 0.666. The predicted octanol–water partition coefficient (Wildman–Crippen LogP) is 0.895. The maximum absolute atomic E-state index is 12.1. The van der Waals surface area contributed by atoms with E-state index < -0.39 is 0 Å². The van der Waals surface area contributed by atoms with Crippen molar-refractivity contribution in [1.82, 2.24) is 25.0 Å². The van der Waals surface area contributed by atoms with Crippen LogP contribution in [0, 0.1) is 0 Å². The number of carbonyl (C=O) groups is 1. The van der Waals surface area contributed by atoms with Gasteiger partial charge in [-0.15, -0.1) is 0 Å². The maximum atomic E-state index is 12.1. The number of aromatic amines is 1. The summed E-state index contributed by atoms with van der Waals surface area (Å²) in [5, 5.41) is 6.38. The first-order chi connectivity index (χ1) is 9.34. The fourth-order valence-corrected chi connectivity index (χ4v) is 3.18. The van der Waals surface area contributed by atoms with Gasteiger partial charge in [0.2, 0.25) is 5.82 Å². The Balaban J connectivity index is 1.53. The average molecular weight is 263 g/mol. The van der Waals surface area contributed by atoms with Gasteiger partial charge in [0.15, 0.2) is 0 Å². The Kier molecular flexibility index (Phi) is 3.77. The summed E-state index contributed by atoms with van der Waals surface area (Å²) < 4.78 is 0. The number of carbonyl (C=O) groups excluding carboxylic acids is 1. The van der Waals surface area contributed by atoms with E-state index in [1.165, 1.54) is 38.7 Å². The number of nitrogens with zero attached hydrogens (tertiary/aromatic N) is 4. The first-order valence-electron chi connectivity index (χ1n) is 7.23. The minimum Gasteiger partial charge on any atom is -0.336 e. The second kappa shape index (κ2) is 5.69. The third kappa shape index (κ3) is 2.78. The molecule has 3 heterocycles. The summed E-state index contributed by atoms with van der Waals surface area (Å²) >= 11 is 0. The highest BCUT2D eigenvalue weighted by Gasteiger charge is 2.28. The van der Waals surface area contributed by atoms with Crippen molar-refractivity contribution < 1.29 is 4.79 Å². The molecule has 1 N–H and O–H groups in total. The Morgan fingerprint density at radius 2 is 1.89 bits per heavy atom. The van der Waals surface area contributed by atoms with E-state index in [1.807, 2.05) is 4.90 Å². The summed E-state index contributed by atoms with van der Waals surface area (Å²) in [6.07, 6.45) is 7.58. The van der Waals surface area contributed by atoms with E-state index in [0.29, 0.717) is 11.9 Å². The first-order valence-corrected chi connectivity index (χ1v) is 7.23. The van der Waals surface area contributed by atoms with Crippen molar-refractivity contribution in [2.45, 2.75) is 38.1 Å². The Labute approximate surface area is 113 Å². The van der Waals surface area contributed by atoms with Crippen LogP contribution in [0.5, 0.6) is 0 Å². The summed E-state index contributed by atoms with van der Waals surface area (Å²) in [4.78, 5) is 20.6. The zero-order valence-electron chi connectivity index (χ0n) is 11.2. The van der Waals surface area contributed by atoms with Crippen molar-refractivity contribution in [3.05, 3.63) is 12.2 Å². The lowest BCUT2D eigenvalue weighted by molar-refractivity contribution is 0.0579. The Hall–Kier alpha value is -1.43. The number of hydrogen-bond donors (Lipinski definition) is 1. The van der Waals surface area contributed by atoms with Gasteiger partial charge in [0.1, 0.15) is 6.33 Å². The third-order valence-electron chi connectivity index (χ3n) is 4.28. The molecule has 2 aliphatic heterocycles. The molecule has 0 radical (unpaired) electrons. The molecule has 0 unspecified atom stereocenters. The van der Waals surface area contributed by atoms with Gasteiger partial charge in [0, 0.05) is 19.1 Å². The molecule has 0 saturated carbocycles. The Bertz CT molecular complexity index is 405. The van der Waals surface area contributed by atoms with Crippen LogP contribution in [0.1, 0.15) is 42.7 Å². The average Bonchev–Trinajstić information content (AvgIpc) is 3.02. The van der Waals surface area contributed by atoms with E-state index >= 15 is 0 Å². The van der Waals surface area contributed by atoms with Crippen LogP contribution in [-0.4, -0.2) is 63.1 Å². The van der Waals surface area contributed by atoms with Gasteiger partial charge >= 0.3 is 0 Å².